The highest BCUT2D eigenvalue weighted by molar-refractivity contribution is 7.99. The molecule has 1 atom stereocenters. The van der Waals surface area contributed by atoms with E-state index in [1.807, 2.05) is 109 Å². The molecular weight excluding hydrogens is 555 g/mol. The molecule has 3 N–H and O–H groups in total. The highest BCUT2D eigenvalue weighted by atomic mass is 32.2. The lowest BCUT2D eigenvalue weighted by molar-refractivity contribution is -0.133. The number of hydrogen-bond donors (Lipinski definition) is 3. The van der Waals surface area contributed by atoms with Crippen molar-refractivity contribution < 1.29 is 18.3 Å². The van der Waals surface area contributed by atoms with Gasteiger partial charge in [0, 0.05) is 16.9 Å². The van der Waals surface area contributed by atoms with Gasteiger partial charge in [-0.15, -0.1) is 0 Å². The Bertz CT molecular complexity index is 1550. The molecule has 0 amide bonds. The van der Waals surface area contributed by atoms with Gasteiger partial charge in [-0.1, -0.05) is 121 Å². The topological polar surface area (TPSA) is 60.9 Å². The molecule has 4 aromatic carbocycles. The van der Waals surface area contributed by atoms with Gasteiger partial charge in [-0.2, -0.15) is 13.2 Å². The summed E-state index contributed by atoms with van der Waals surface area (Å²) >= 11 is 1.57. The third-order valence-electron chi connectivity index (χ3n) is 7.81. The molecular formula is C34H30F3N3OS. The second-order valence-electron chi connectivity index (χ2n) is 10.4. The van der Waals surface area contributed by atoms with Gasteiger partial charge in [-0.3, -0.25) is 5.32 Å². The summed E-state index contributed by atoms with van der Waals surface area (Å²) in [6.45, 7) is -1.27. The number of nitrogens with zero attached hydrogens (tertiary/aromatic N) is 1. The van der Waals surface area contributed by atoms with Crippen LogP contribution in [0.5, 0.6) is 0 Å². The Kier molecular flexibility index (Phi) is 7.94. The van der Waals surface area contributed by atoms with E-state index in [2.05, 4.69) is 10.3 Å². The first-order valence-corrected chi connectivity index (χ1v) is 14.9. The summed E-state index contributed by atoms with van der Waals surface area (Å²) in [6.07, 6.45) is -4.77. The smallest absolute Gasteiger partial charge is 0.377 e. The third kappa shape index (κ3) is 5.50. The summed E-state index contributed by atoms with van der Waals surface area (Å²) in [5.74, 6) is 0.661. The monoisotopic (exact) mass is 585 g/mol. The summed E-state index contributed by atoms with van der Waals surface area (Å²) in [4.78, 5) is 8.42. The molecule has 0 aliphatic heterocycles. The standard InChI is InChI=1S/C34H30F3N3OS/c35-34(36,37)22-38-31(41)33(27-18-9-7-16-25(27)26-17-8-10-19-28(26)33)20-11-21-42-32-39-29(23-12-3-1-4-13-23)30(40-32)24-14-5-2-6-15-24/h1-10,12-19,31,38,41H,11,20-22H2,(H,39,40). The van der Waals surface area contributed by atoms with Gasteiger partial charge in [0.2, 0.25) is 0 Å². The van der Waals surface area contributed by atoms with Gasteiger partial charge < -0.3 is 10.1 Å². The van der Waals surface area contributed by atoms with Crippen LogP contribution in [0.2, 0.25) is 0 Å². The highest BCUT2D eigenvalue weighted by Crippen LogP contribution is 2.53. The summed E-state index contributed by atoms with van der Waals surface area (Å²) in [6, 6.07) is 35.4. The van der Waals surface area contributed by atoms with Crippen LogP contribution in [0.3, 0.4) is 0 Å². The second kappa shape index (κ2) is 11.8. The van der Waals surface area contributed by atoms with E-state index in [1.54, 1.807) is 11.8 Å². The number of alkyl halides is 3. The van der Waals surface area contributed by atoms with E-state index in [0.29, 0.717) is 18.6 Å². The normalized spacial score (nSPS) is 14.4. The van der Waals surface area contributed by atoms with Crippen LogP contribution >= 0.6 is 11.8 Å². The average molecular weight is 586 g/mol. The Morgan fingerprint density at radius 3 is 1.93 bits per heavy atom. The summed E-state index contributed by atoms with van der Waals surface area (Å²) in [7, 11) is 0. The van der Waals surface area contributed by atoms with Crippen molar-refractivity contribution in [2.75, 3.05) is 12.3 Å². The zero-order valence-corrected chi connectivity index (χ0v) is 23.6. The van der Waals surface area contributed by atoms with Crippen molar-refractivity contribution in [3.63, 3.8) is 0 Å². The summed E-state index contributed by atoms with van der Waals surface area (Å²) in [5.41, 5.74) is 6.40. The van der Waals surface area contributed by atoms with E-state index < -0.39 is 24.4 Å². The molecule has 1 unspecified atom stereocenters. The minimum atomic E-state index is -4.44. The maximum Gasteiger partial charge on any atom is 0.401 e. The fraction of sp³-hybridized carbons (Fsp3) is 0.206. The Morgan fingerprint density at radius 2 is 1.33 bits per heavy atom. The van der Waals surface area contributed by atoms with Crippen LogP contribution in [0.1, 0.15) is 24.0 Å². The number of aromatic nitrogens is 2. The molecule has 5 aromatic rings. The lowest BCUT2D eigenvalue weighted by Gasteiger charge is -2.37. The first kappa shape index (κ1) is 28.3. The molecule has 0 fully saturated rings. The number of aliphatic hydroxyl groups excluding tert-OH is 1. The van der Waals surface area contributed by atoms with Crippen LogP contribution in [0.25, 0.3) is 33.6 Å². The third-order valence-corrected chi connectivity index (χ3v) is 8.77. The van der Waals surface area contributed by atoms with Gasteiger partial charge >= 0.3 is 6.18 Å². The van der Waals surface area contributed by atoms with Crippen LogP contribution in [-0.4, -0.2) is 39.8 Å². The molecule has 0 bridgehead atoms. The van der Waals surface area contributed by atoms with E-state index in [4.69, 9.17) is 4.98 Å². The molecule has 0 spiro atoms. The van der Waals surface area contributed by atoms with Crippen molar-refractivity contribution in [2.45, 2.75) is 35.8 Å². The zero-order valence-electron chi connectivity index (χ0n) is 22.7. The maximum absolute atomic E-state index is 13.2. The fourth-order valence-electron chi connectivity index (χ4n) is 6.00. The highest BCUT2D eigenvalue weighted by Gasteiger charge is 2.48. The molecule has 1 aromatic heterocycles. The number of aliphatic hydroxyl groups is 1. The average Bonchev–Trinajstić information content (AvgIpc) is 3.57. The molecule has 0 saturated carbocycles. The van der Waals surface area contributed by atoms with Crippen LogP contribution in [0.15, 0.2) is 114 Å². The van der Waals surface area contributed by atoms with Gasteiger partial charge in [0.05, 0.1) is 23.3 Å². The van der Waals surface area contributed by atoms with Crippen LogP contribution in [0, 0.1) is 0 Å². The Hall–Kier alpha value is -3.85. The number of benzene rings is 4. The number of rotatable bonds is 10. The number of hydrogen-bond acceptors (Lipinski definition) is 4. The SMILES string of the molecule is OC(NCC(F)(F)F)C1(CCCSc2nc(-c3ccccc3)c(-c3ccccc3)[nH]2)c2ccccc2-c2ccccc21. The van der Waals surface area contributed by atoms with E-state index in [-0.39, 0.29) is 0 Å². The van der Waals surface area contributed by atoms with E-state index in [1.165, 1.54) is 0 Å². The quantitative estimate of drug-likeness (QED) is 0.0882. The van der Waals surface area contributed by atoms with Crippen molar-refractivity contribution in [1.82, 2.24) is 15.3 Å². The molecule has 1 heterocycles. The summed E-state index contributed by atoms with van der Waals surface area (Å²) < 4.78 is 39.6. The van der Waals surface area contributed by atoms with Crippen LogP contribution in [0.4, 0.5) is 13.2 Å². The molecule has 1 aliphatic carbocycles. The molecule has 6 rings (SSSR count). The largest absolute Gasteiger partial charge is 0.401 e. The predicted molar refractivity (Wildman–Crippen MR) is 162 cm³/mol. The predicted octanol–water partition coefficient (Wildman–Crippen LogP) is 8.05. The number of aromatic amines is 1. The minimum Gasteiger partial charge on any atom is -0.377 e. The van der Waals surface area contributed by atoms with Gasteiger partial charge in [-0.25, -0.2) is 4.98 Å². The Morgan fingerprint density at radius 1 is 0.786 bits per heavy atom. The van der Waals surface area contributed by atoms with Crippen LogP contribution < -0.4 is 5.32 Å². The van der Waals surface area contributed by atoms with Crippen LogP contribution in [-0.2, 0) is 5.41 Å². The molecule has 0 radical (unpaired) electrons. The van der Waals surface area contributed by atoms with Crippen molar-refractivity contribution in [1.29, 1.82) is 0 Å². The molecule has 214 valence electrons. The lowest BCUT2D eigenvalue weighted by atomic mass is 9.73. The van der Waals surface area contributed by atoms with Gasteiger partial charge in [0.25, 0.3) is 0 Å². The number of H-pyrrole nitrogens is 1. The van der Waals surface area contributed by atoms with Gasteiger partial charge in [-0.05, 0) is 35.1 Å². The number of halogens is 3. The van der Waals surface area contributed by atoms with Crippen molar-refractivity contribution in [2.24, 2.45) is 0 Å². The molecule has 1 aliphatic rings. The number of nitrogens with one attached hydrogen (secondary N) is 2. The number of imidazole rings is 1. The maximum atomic E-state index is 13.2. The molecule has 0 saturated heterocycles. The van der Waals surface area contributed by atoms with Crippen molar-refractivity contribution >= 4 is 11.8 Å². The van der Waals surface area contributed by atoms with Crippen molar-refractivity contribution in [3.05, 3.63) is 120 Å². The molecule has 8 heteroatoms. The minimum absolute atomic E-state index is 0.456. The lowest BCUT2D eigenvalue weighted by Crippen LogP contribution is -2.51. The van der Waals surface area contributed by atoms with E-state index in [0.717, 1.165) is 49.9 Å². The zero-order chi connectivity index (χ0) is 29.2. The fourth-order valence-corrected chi connectivity index (χ4v) is 6.82. The first-order chi connectivity index (χ1) is 20.4. The number of fused-ring (bicyclic) bond motifs is 3. The summed E-state index contributed by atoms with van der Waals surface area (Å²) in [5, 5.41) is 14.6. The van der Waals surface area contributed by atoms with Gasteiger partial charge in [0.15, 0.2) is 5.16 Å². The number of thioether (sulfide) groups is 1. The first-order valence-electron chi connectivity index (χ1n) is 13.9. The van der Waals surface area contributed by atoms with E-state index in [9.17, 15) is 18.3 Å². The Balaban J connectivity index is 1.27. The Labute approximate surface area is 247 Å². The van der Waals surface area contributed by atoms with Gasteiger partial charge in [0.1, 0.15) is 6.23 Å². The molecule has 42 heavy (non-hydrogen) atoms. The second-order valence-corrected chi connectivity index (χ2v) is 11.5. The van der Waals surface area contributed by atoms with E-state index >= 15 is 0 Å². The molecule has 4 nitrogen and oxygen atoms in total. The van der Waals surface area contributed by atoms with Crippen molar-refractivity contribution in [3.8, 4) is 33.6 Å².